The third-order valence-corrected chi connectivity index (χ3v) is 5.10. The van der Waals surface area contributed by atoms with Gasteiger partial charge >= 0.3 is 0 Å². The maximum atomic E-state index is 6.20. The minimum Gasteiger partial charge on any atom is -0.329 e. The molecule has 0 saturated heterocycles. The van der Waals surface area contributed by atoms with E-state index in [-0.39, 0.29) is 0 Å². The summed E-state index contributed by atoms with van der Waals surface area (Å²) in [5.74, 6) is 0.844. The summed E-state index contributed by atoms with van der Waals surface area (Å²) in [6.07, 6.45) is 10.8. The third-order valence-electron chi connectivity index (χ3n) is 5.10. The molecule has 0 spiro atoms. The van der Waals surface area contributed by atoms with E-state index in [4.69, 9.17) is 5.73 Å². The van der Waals surface area contributed by atoms with Crippen LogP contribution >= 0.6 is 0 Å². The van der Waals surface area contributed by atoms with Crippen molar-refractivity contribution in [1.29, 1.82) is 0 Å². The highest BCUT2D eigenvalue weighted by atomic mass is 15.2. The molecule has 1 aliphatic carbocycles. The highest BCUT2D eigenvalue weighted by Gasteiger charge is 2.35. The van der Waals surface area contributed by atoms with E-state index in [1.165, 1.54) is 57.9 Å². The molecule has 1 fully saturated rings. The molecule has 0 heterocycles. The molecule has 108 valence electrons. The van der Waals surface area contributed by atoms with Gasteiger partial charge in [-0.25, -0.2) is 0 Å². The molecular formula is C16H34N2. The lowest BCUT2D eigenvalue weighted by atomic mass is 9.86. The first-order valence-corrected chi connectivity index (χ1v) is 8.17. The zero-order valence-electron chi connectivity index (χ0n) is 12.9. The van der Waals surface area contributed by atoms with E-state index in [0.717, 1.165) is 19.0 Å². The Labute approximate surface area is 114 Å². The average Bonchev–Trinajstić information content (AvgIpc) is 2.66. The van der Waals surface area contributed by atoms with E-state index in [0.29, 0.717) is 5.54 Å². The van der Waals surface area contributed by atoms with Crippen molar-refractivity contribution in [2.75, 3.05) is 19.6 Å². The Balaban J connectivity index is 2.73. The second kappa shape index (κ2) is 8.16. The fourth-order valence-electron chi connectivity index (χ4n) is 3.55. The molecule has 1 rings (SSSR count). The van der Waals surface area contributed by atoms with Gasteiger partial charge in [0.05, 0.1) is 0 Å². The number of hydrogen-bond donors (Lipinski definition) is 1. The number of rotatable bonds is 7. The van der Waals surface area contributed by atoms with Crippen LogP contribution in [0, 0.1) is 5.92 Å². The van der Waals surface area contributed by atoms with Crippen molar-refractivity contribution in [3.05, 3.63) is 0 Å². The quantitative estimate of drug-likeness (QED) is 0.700. The van der Waals surface area contributed by atoms with E-state index in [9.17, 15) is 0 Å². The lowest BCUT2D eigenvalue weighted by Gasteiger charge is -2.44. The fourth-order valence-corrected chi connectivity index (χ4v) is 3.55. The van der Waals surface area contributed by atoms with Crippen molar-refractivity contribution in [1.82, 2.24) is 4.90 Å². The van der Waals surface area contributed by atoms with Crippen LogP contribution in [0.3, 0.4) is 0 Å². The van der Waals surface area contributed by atoms with Crippen LogP contribution in [0.1, 0.15) is 72.1 Å². The second-order valence-electron chi connectivity index (χ2n) is 6.06. The predicted molar refractivity (Wildman–Crippen MR) is 80.8 cm³/mol. The molecule has 0 aliphatic heterocycles. The predicted octanol–water partition coefficient (Wildman–Crippen LogP) is 3.80. The van der Waals surface area contributed by atoms with Crippen LogP contribution in [0.4, 0.5) is 0 Å². The van der Waals surface area contributed by atoms with Crippen LogP contribution in [0.15, 0.2) is 0 Å². The highest BCUT2D eigenvalue weighted by molar-refractivity contribution is 4.93. The molecule has 0 amide bonds. The van der Waals surface area contributed by atoms with Crippen LogP contribution in [0.25, 0.3) is 0 Å². The van der Waals surface area contributed by atoms with Crippen molar-refractivity contribution in [3.63, 3.8) is 0 Å². The summed E-state index contributed by atoms with van der Waals surface area (Å²) < 4.78 is 0. The third kappa shape index (κ3) is 3.96. The number of nitrogens with two attached hydrogens (primary N) is 1. The van der Waals surface area contributed by atoms with Gasteiger partial charge in [-0.3, -0.25) is 4.90 Å². The number of nitrogens with zero attached hydrogens (tertiary/aromatic N) is 1. The van der Waals surface area contributed by atoms with E-state index in [1.807, 2.05) is 0 Å². The molecule has 0 aromatic heterocycles. The van der Waals surface area contributed by atoms with Gasteiger partial charge in [-0.2, -0.15) is 0 Å². The fraction of sp³-hybridized carbons (Fsp3) is 1.00. The summed E-state index contributed by atoms with van der Waals surface area (Å²) in [4.78, 5) is 2.72. The summed E-state index contributed by atoms with van der Waals surface area (Å²) >= 11 is 0. The SMILES string of the molecule is CCC(CC)CN(CC)C1(CN)CCCCCC1. The molecule has 18 heavy (non-hydrogen) atoms. The minimum atomic E-state index is 0.313. The summed E-state index contributed by atoms with van der Waals surface area (Å²) in [5, 5.41) is 0. The molecule has 0 aromatic rings. The molecule has 2 nitrogen and oxygen atoms in total. The summed E-state index contributed by atoms with van der Waals surface area (Å²) in [6, 6.07) is 0. The van der Waals surface area contributed by atoms with Crippen molar-refractivity contribution in [2.45, 2.75) is 77.7 Å². The molecule has 0 aromatic carbocycles. The highest BCUT2D eigenvalue weighted by Crippen LogP contribution is 2.32. The van der Waals surface area contributed by atoms with Gasteiger partial charge in [0.15, 0.2) is 0 Å². The normalized spacial score (nSPS) is 20.3. The van der Waals surface area contributed by atoms with Crippen molar-refractivity contribution in [3.8, 4) is 0 Å². The van der Waals surface area contributed by atoms with Crippen LogP contribution < -0.4 is 5.73 Å². The van der Waals surface area contributed by atoms with Crippen molar-refractivity contribution < 1.29 is 0 Å². The van der Waals surface area contributed by atoms with Crippen molar-refractivity contribution in [2.24, 2.45) is 11.7 Å². The van der Waals surface area contributed by atoms with E-state index in [2.05, 4.69) is 25.7 Å². The van der Waals surface area contributed by atoms with E-state index in [1.54, 1.807) is 0 Å². The molecule has 1 aliphatic rings. The van der Waals surface area contributed by atoms with Gasteiger partial charge in [-0.1, -0.05) is 59.3 Å². The minimum absolute atomic E-state index is 0.313. The Kier molecular flexibility index (Phi) is 7.25. The molecule has 0 bridgehead atoms. The van der Waals surface area contributed by atoms with Gasteiger partial charge in [-0.15, -0.1) is 0 Å². The van der Waals surface area contributed by atoms with Gasteiger partial charge in [0, 0.05) is 18.6 Å². The molecule has 0 unspecified atom stereocenters. The van der Waals surface area contributed by atoms with Crippen LogP contribution in [0.2, 0.25) is 0 Å². The lowest BCUT2D eigenvalue weighted by Crippen LogP contribution is -2.55. The molecule has 0 atom stereocenters. The topological polar surface area (TPSA) is 29.3 Å². The maximum Gasteiger partial charge on any atom is 0.0331 e. The van der Waals surface area contributed by atoms with Crippen molar-refractivity contribution >= 4 is 0 Å². The number of likely N-dealkylation sites (N-methyl/N-ethyl adjacent to an activating group) is 1. The van der Waals surface area contributed by atoms with Crippen LogP contribution in [0.5, 0.6) is 0 Å². The van der Waals surface area contributed by atoms with Gasteiger partial charge in [0.1, 0.15) is 0 Å². The summed E-state index contributed by atoms with van der Waals surface area (Å²) in [6.45, 7) is 10.2. The zero-order chi connectivity index (χ0) is 13.4. The Morgan fingerprint density at radius 1 is 1.00 bits per heavy atom. The average molecular weight is 254 g/mol. The van der Waals surface area contributed by atoms with Crippen LogP contribution in [-0.4, -0.2) is 30.1 Å². The van der Waals surface area contributed by atoms with Gasteiger partial charge in [-0.05, 0) is 25.3 Å². The van der Waals surface area contributed by atoms with E-state index >= 15 is 0 Å². The monoisotopic (exact) mass is 254 g/mol. The Bertz CT molecular complexity index is 203. The maximum absolute atomic E-state index is 6.20. The Morgan fingerprint density at radius 3 is 1.94 bits per heavy atom. The Hall–Kier alpha value is -0.0800. The first-order valence-electron chi connectivity index (χ1n) is 8.17. The van der Waals surface area contributed by atoms with Gasteiger partial charge in [0.2, 0.25) is 0 Å². The largest absolute Gasteiger partial charge is 0.329 e. The van der Waals surface area contributed by atoms with Gasteiger partial charge in [0.25, 0.3) is 0 Å². The first kappa shape index (κ1) is 16.0. The molecule has 2 heteroatoms. The second-order valence-corrected chi connectivity index (χ2v) is 6.06. The zero-order valence-corrected chi connectivity index (χ0v) is 12.9. The molecule has 2 N–H and O–H groups in total. The van der Waals surface area contributed by atoms with E-state index < -0.39 is 0 Å². The first-order chi connectivity index (χ1) is 8.72. The summed E-state index contributed by atoms with van der Waals surface area (Å²) in [7, 11) is 0. The van der Waals surface area contributed by atoms with Gasteiger partial charge < -0.3 is 5.73 Å². The Morgan fingerprint density at radius 2 is 1.56 bits per heavy atom. The standard InChI is InChI=1S/C16H34N2/c1-4-15(5-2)13-18(6-3)16(14-17)11-9-7-8-10-12-16/h15H,4-14,17H2,1-3H3. The van der Waals surface area contributed by atoms with Crippen LogP contribution in [-0.2, 0) is 0 Å². The lowest BCUT2D eigenvalue weighted by molar-refractivity contribution is 0.0648. The number of hydrogen-bond acceptors (Lipinski definition) is 2. The summed E-state index contributed by atoms with van der Waals surface area (Å²) in [5.41, 5.74) is 6.51. The smallest absolute Gasteiger partial charge is 0.0331 e. The molecular weight excluding hydrogens is 220 g/mol. The molecule has 1 saturated carbocycles. The molecule has 0 radical (unpaired) electrons.